The largest absolute Gasteiger partial charge is 0.381 e. The van der Waals surface area contributed by atoms with Gasteiger partial charge in [0.05, 0.1) is 12.3 Å². The van der Waals surface area contributed by atoms with Gasteiger partial charge in [-0.3, -0.25) is 4.99 Å². The summed E-state index contributed by atoms with van der Waals surface area (Å²) in [4.78, 5) is 8.84. The fourth-order valence-corrected chi connectivity index (χ4v) is 3.05. The molecule has 1 aromatic carbocycles. The molecule has 1 heterocycles. The van der Waals surface area contributed by atoms with E-state index in [9.17, 15) is 4.39 Å². The van der Waals surface area contributed by atoms with Gasteiger partial charge in [-0.25, -0.2) is 4.39 Å². The van der Waals surface area contributed by atoms with Gasteiger partial charge in [0.1, 0.15) is 5.82 Å². The second kappa shape index (κ2) is 12.3. The summed E-state index contributed by atoms with van der Waals surface area (Å²) in [6.45, 7) is 7.08. The van der Waals surface area contributed by atoms with E-state index in [1.54, 1.807) is 12.1 Å². The molecular formula is C19H32FIN4O. The molecule has 1 atom stereocenters. The predicted molar refractivity (Wildman–Crippen MR) is 117 cm³/mol. The zero-order chi connectivity index (χ0) is 18.1. The first kappa shape index (κ1) is 23.0. The van der Waals surface area contributed by atoms with Crippen LogP contribution in [0.3, 0.4) is 0 Å². The van der Waals surface area contributed by atoms with Gasteiger partial charge in [0.2, 0.25) is 0 Å². The Morgan fingerprint density at radius 1 is 1.35 bits per heavy atom. The smallest absolute Gasteiger partial charge is 0.193 e. The molecule has 0 bridgehead atoms. The molecule has 0 amide bonds. The van der Waals surface area contributed by atoms with Crippen LogP contribution in [-0.4, -0.2) is 64.3 Å². The molecule has 148 valence electrons. The number of hydrogen-bond donors (Lipinski definition) is 1. The summed E-state index contributed by atoms with van der Waals surface area (Å²) in [6.07, 6.45) is 2.00. The molecule has 2 rings (SSSR count). The van der Waals surface area contributed by atoms with Gasteiger partial charge in [0, 0.05) is 52.8 Å². The van der Waals surface area contributed by atoms with Crippen molar-refractivity contribution in [2.45, 2.75) is 19.8 Å². The molecule has 7 heteroatoms. The van der Waals surface area contributed by atoms with Crippen molar-refractivity contribution < 1.29 is 9.13 Å². The highest BCUT2D eigenvalue weighted by Gasteiger charge is 2.19. The fraction of sp³-hybridized carbons (Fsp3) is 0.632. The molecule has 1 saturated heterocycles. The van der Waals surface area contributed by atoms with Crippen molar-refractivity contribution in [1.29, 1.82) is 0 Å². The number of para-hydroxylation sites is 1. The van der Waals surface area contributed by atoms with E-state index in [1.807, 2.05) is 18.0 Å². The third-order valence-corrected chi connectivity index (χ3v) is 4.43. The van der Waals surface area contributed by atoms with Crippen LogP contribution in [0.4, 0.5) is 10.1 Å². The van der Waals surface area contributed by atoms with Gasteiger partial charge in [-0.1, -0.05) is 12.1 Å². The van der Waals surface area contributed by atoms with E-state index >= 15 is 0 Å². The Kier molecular flexibility index (Phi) is 10.9. The van der Waals surface area contributed by atoms with Gasteiger partial charge in [0.15, 0.2) is 5.96 Å². The third-order valence-electron chi connectivity index (χ3n) is 4.43. The number of nitrogens with one attached hydrogen (secondary N) is 1. The standard InChI is InChI=1S/C19H31FN4O.HI/c1-4-21-19(24(3)14-16-10-13-25-15-16)22-11-7-12-23(2)18-9-6-5-8-17(18)20;/h5-6,8-9,16H,4,7,10-15H2,1-3H3,(H,21,22);1H. The van der Waals surface area contributed by atoms with Crippen molar-refractivity contribution >= 4 is 35.6 Å². The molecule has 1 aliphatic heterocycles. The molecule has 1 fully saturated rings. The summed E-state index contributed by atoms with van der Waals surface area (Å²) in [5.41, 5.74) is 0.636. The van der Waals surface area contributed by atoms with Crippen LogP contribution in [0.1, 0.15) is 19.8 Å². The van der Waals surface area contributed by atoms with Gasteiger partial charge in [0.25, 0.3) is 0 Å². The zero-order valence-electron chi connectivity index (χ0n) is 16.1. The average molecular weight is 478 g/mol. The molecule has 0 spiro atoms. The fourth-order valence-electron chi connectivity index (χ4n) is 3.05. The minimum atomic E-state index is -0.180. The van der Waals surface area contributed by atoms with Crippen LogP contribution < -0.4 is 10.2 Å². The summed E-state index contributed by atoms with van der Waals surface area (Å²) in [5, 5.41) is 3.35. The average Bonchev–Trinajstić information content (AvgIpc) is 3.10. The van der Waals surface area contributed by atoms with Crippen molar-refractivity contribution in [3.63, 3.8) is 0 Å². The Bertz CT molecular complexity index is 552. The van der Waals surface area contributed by atoms with Crippen LogP contribution in [0.5, 0.6) is 0 Å². The van der Waals surface area contributed by atoms with Crippen LogP contribution in [0.2, 0.25) is 0 Å². The summed E-state index contributed by atoms with van der Waals surface area (Å²) in [5.74, 6) is 1.34. The molecule has 1 aromatic rings. The number of hydrogen-bond acceptors (Lipinski definition) is 3. The van der Waals surface area contributed by atoms with Gasteiger partial charge in [-0.15, -0.1) is 24.0 Å². The molecular weight excluding hydrogens is 446 g/mol. The number of nitrogens with zero attached hydrogens (tertiary/aromatic N) is 3. The number of anilines is 1. The number of halogens is 2. The molecule has 5 nitrogen and oxygen atoms in total. The van der Waals surface area contributed by atoms with Crippen LogP contribution in [0, 0.1) is 11.7 Å². The lowest BCUT2D eigenvalue weighted by molar-refractivity contribution is 0.181. The molecule has 0 saturated carbocycles. The lowest BCUT2D eigenvalue weighted by Gasteiger charge is -2.24. The molecule has 0 aromatic heterocycles. The number of ether oxygens (including phenoxy) is 1. The predicted octanol–water partition coefficient (Wildman–Crippen LogP) is 3.20. The Labute approximate surface area is 174 Å². The van der Waals surface area contributed by atoms with E-state index in [2.05, 4.69) is 24.2 Å². The summed E-state index contributed by atoms with van der Waals surface area (Å²) in [6, 6.07) is 6.87. The lowest BCUT2D eigenvalue weighted by Crippen LogP contribution is -2.41. The molecule has 0 radical (unpaired) electrons. The van der Waals surface area contributed by atoms with E-state index in [-0.39, 0.29) is 29.8 Å². The van der Waals surface area contributed by atoms with Gasteiger partial charge in [-0.05, 0) is 31.9 Å². The van der Waals surface area contributed by atoms with E-state index in [0.717, 1.165) is 51.6 Å². The Morgan fingerprint density at radius 3 is 2.77 bits per heavy atom. The Hall–Kier alpha value is -1.09. The van der Waals surface area contributed by atoms with E-state index in [0.29, 0.717) is 18.2 Å². The minimum Gasteiger partial charge on any atom is -0.381 e. The first-order chi connectivity index (χ1) is 12.1. The highest BCUT2D eigenvalue weighted by molar-refractivity contribution is 14.0. The maximum Gasteiger partial charge on any atom is 0.193 e. The summed E-state index contributed by atoms with van der Waals surface area (Å²) in [7, 11) is 3.99. The maximum atomic E-state index is 13.8. The van der Waals surface area contributed by atoms with Crippen molar-refractivity contribution in [2.75, 3.05) is 58.4 Å². The van der Waals surface area contributed by atoms with E-state index in [1.165, 1.54) is 6.07 Å². The van der Waals surface area contributed by atoms with Crippen molar-refractivity contribution in [1.82, 2.24) is 10.2 Å². The number of guanidine groups is 1. The summed E-state index contributed by atoms with van der Waals surface area (Å²) >= 11 is 0. The van der Waals surface area contributed by atoms with Crippen molar-refractivity contribution in [3.05, 3.63) is 30.1 Å². The third kappa shape index (κ3) is 7.26. The molecule has 1 N–H and O–H groups in total. The van der Waals surface area contributed by atoms with Gasteiger partial charge >= 0.3 is 0 Å². The first-order valence-corrected chi connectivity index (χ1v) is 9.14. The number of aliphatic imine (C=N–C) groups is 1. The minimum absolute atomic E-state index is 0. The van der Waals surface area contributed by atoms with E-state index in [4.69, 9.17) is 9.73 Å². The topological polar surface area (TPSA) is 40.1 Å². The van der Waals surface area contributed by atoms with E-state index < -0.39 is 0 Å². The Morgan fingerprint density at radius 2 is 2.12 bits per heavy atom. The molecule has 0 aliphatic carbocycles. The zero-order valence-corrected chi connectivity index (χ0v) is 18.4. The van der Waals surface area contributed by atoms with Gasteiger partial charge < -0.3 is 19.9 Å². The highest BCUT2D eigenvalue weighted by Crippen LogP contribution is 2.17. The second-order valence-electron chi connectivity index (χ2n) is 6.57. The van der Waals surface area contributed by atoms with Crippen molar-refractivity contribution in [3.8, 4) is 0 Å². The number of benzene rings is 1. The van der Waals surface area contributed by atoms with Crippen molar-refractivity contribution in [2.24, 2.45) is 10.9 Å². The monoisotopic (exact) mass is 478 g/mol. The molecule has 1 aliphatic rings. The quantitative estimate of drug-likeness (QED) is 0.270. The lowest BCUT2D eigenvalue weighted by atomic mass is 10.1. The molecule has 1 unspecified atom stereocenters. The normalized spacial score (nSPS) is 16.9. The Balaban J connectivity index is 0.00000338. The van der Waals surface area contributed by atoms with Crippen LogP contribution >= 0.6 is 24.0 Å². The first-order valence-electron chi connectivity index (χ1n) is 9.14. The van der Waals surface area contributed by atoms with Gasteiger partial charge in [-0.2, -0.15) is 0 Å². The SMILES string of the molecule is CCNC(=NCCCN(C)c1ccccc1F)N(C)CC1CCOC1.I. The van der Waals surface area contributed by atoms with Crippen LogP contribution in [0.25, 0.3) is 0 Å². The summed E-state index contributed by atoms with van der Waals surface area (Å²) < 4.78 is 19.2. The second-order valence-corrected chi connectivity index (χ2v) is 6.57. The van der Waals surface area contributed by atoms with Crippen LogP contribution in [0.15, 0.2) is 29.3 Å². The van der Waals surface area contributed by atoms with Crippen LogP contribution in [-0.2, 0) is 4.74 Å². The molecule has 26 heavy (non-hydrogen) atoms. The number of rotatable bonds is 8. The highest BCUT2D eigenvalue weighted by atomic mass is 127. The maximum absolute atomic E-state index is 13.8.